The van der Waals surface area contributed by atoms with Crippen molar-refractivity contribution in [2.75, 3.05) is 18.1 Å². The van der Waals surface area contributed by atoms with Gasteiger partial charge in [-0.05, 0) is 86.6 Å². The number of carbonyl (C=O) groups excluding carboxylic acids is 7. The van der Waals surface area contributed by atoms with E-state index in [0.717, 1.165) is 43.7 Å². The zero-order chi connectivity index (χ0) is 58.7. The van der Waals surface area contributed by atoms with Crippen molar-refractivity contribution in [3.63, 3.8) is 0 Å². The van der Waals surface area contributed by atoms with E-state index in [0.29, 0.717) is 47.7 Å². The van der Waals surface area contributed by atoms with Crippen LogP contribution in [0.15, 0.2) is 121 Å². The summed E-state index contributed by atoms with van der Waals surface area (Å²) >= 11 is 0. The number of pyridine rings is 1. The van der Waals surface area contributed by atoms with Crippen molar-refractivity contribution in [3.8, 4) is 0 Å². The molecule has 2 unspecified atom stereocenters. The average Bonchev–Trinajstić information content (AvgIpc) is 3.99. The summed E-state index contributed by atoms with van der Waals surface area (Å²) in [5.74, 6) is -6.51. The fourth-order valence-electron chi connectivity index (χ4n) is 9.34. The van der Waals surface area contributed by atoms with Crippen molar-refractivity contribution in [2.24, 2.45) is 5.73 Å². The zero-order valence-electron chi connectivity index (χ0n) is 45.5. The van der Waals surface area contributed by atoms with Crippen LogP contribution < -0.4 is 43.0 Å². The van der Waals surface area contributed by atoms with Crippen LogP contribution in [0.3, 0.4) is 0 Å². The minimum absolute atomic E-state index is 0.0134. The van der Waals surface area contributed by atoms with E-state index in [1.807, 2.05) is 36.4 Å². The zero-order valence-corrected chi connectivity index (χ0v) is 47.2. The number of halogens is 1. The summed E-state index contributed by atoms with van der Waals surface area (Å²) < 4.78 is 13.9. The number of nitrogens with one attached hydrogen (secondary N) is 8. The van der Waals surface area contributed by atoms with Gasteiger partial charge >= 0.3 is 0 Å². The highest BCUT2D eigenvalue weighted by atomic mass is 33.1. The number of hydrogen-bond donors (Lipinski definition) is 12. The number of rotatable bonds is 19. The Morgan fingerprint density at radius 1 is 0.720 bits per heavy atom. The first-order valence-corrected chi connectivity index (χ1v) is 29.7. The van der Waals surface area contributed by atoms with Crippen LogP contribution in [0.2, 0.25) is 0 Å². The van der Waals surface area contributed by atoms with Crippen molar-refractivity contribution in [3.05, 3.63) is 150 Å². The summed E-state index contributed by atoms with van der Waals surface area (Å²) in [6.45, 7) is 1.94. The molecule has 10 atom stereocenters. The predicted molar refractivity (Wildman–Crippen MR) is 313 cm³/mol. The molecule has 1 aliphatic rings. The molecule has 7 rings (SSSR count). The van der Waals surface area contributed by atoms with Crippen molar-refractivity contribution in [2.45, 2.75) is 126 Å². The second kappa shape index (κ2) is 30.6. The van der Waals surface area contributed by atoms with Gasteiger partial charge in [0.15, 0.2) is 0 Å². The van der Waals surface area contributed by atoms with Gasteiger partial charge in [-0.25, -0.2) is 4.39 Å². The van der Waals surface area contributed by atoms with E-state index in [2.05, 4.69) is 47.2 Å². The summed E-state index contributed by atoms with van der Waals surface area (Å²) in [6.07, 6.45) is 0.928. The van der Waals surface area contributed by atoms with Gasteiger partial charge in [-0.3, -0.25) is 38.5 Å². The molecule has 6 aromatic rings. The van der Waals surface area contributed by atoms with Crippen LogP contribution >= 0.6 is 21.6 Å². The summed E-state index contributed by atoms with van der Waals surface area (Å²) in [5, 5.41) is 51.8. The molecule has 0 aliphatic carbocycles. The lowest BCUT2D eigenvalue weighted by atomic mass is 10.0. The van der Waals surface area contributed by atoms with Crippen LogP contribution in [0.5, 0.6) is 0 Å². The Kier molecular flexibility index (Phi) is 23.2. The molecule has 13 N–H and O–H groups in total. The normalized spacial score (nSPS) is 21.4. The lowest BCUT2D eigenvalue weighted by molar-refractivity contribution is -0.136. The predicted octanol–water partition coefficient (Wildman–Crippen LogP) is 2.56. The Morgan fingerprint density at radius 3 is 2.07 bits per heavy atom. The third-order valence-electron chi connectivity index (χ3n) is 14.0. The molecule has 0 bridgehead atoms. The summed E-state index contributed by atoms with van der Waals surface area (Å²) in [5.41, 5.74) is 10.6. The third kappa shape index (κ3) is 18.0. The Labute approximate surface area is 482 Å². The standard InChI is InChI=1S/C59H71FN10O10S2/c1-34(72)49(31-71)67-58(79)51-33-82-81-32-50(68-53(74)43(61)26-36-14-6-3-7-15-36)57(78)65-47(27-37-16-8-4-9-17-37)55(76)66-48(29-39-30-62-45-20-13-12-19-42(39)45)56(77)64-46(54(75)70-52(35(2)73)59(80)69-51)21-11-5-10-18-41-24-22-38-28-40(60)23-25-44(38)63-41/h3-4,6-9,12-17,19-20,22-25,28,30,34-35,43,46-52,62,71-73H,5,10-11,18,21,26-27,29,31-33,61H2,1-2H3,(H,64,77)(H,65,78)(H,66,76)(H,67,79)(H,68,74)(H,69,80)(H,70,75)/t34?,35-,43-,46+,47+,48-,49?,50+,51+,52+/m1/s1. The molecule has 82 heavy (non-hydrogen) atoms. The van der Waals surface area contributed by atoms with Crippen LogP contribution in [-0.2, 0) is 59.2 Å². The van der Waals surface area contributed by atoms with Crippen LogP contribution in [0, 0.1) is 5.82 Å². The molecule has 2 aromatic heterocycles. The molecule has 3 heterocycles. The van der Waals surface area contributed by atoms with E-state index in [9.17, 15) is 48.5 Å². The Hall–Kier alpha value is -7.41. The Balaban J connectivity index is 1.23. The smallest absolute Gasteiger partial charge is 0.245 e. The SMILES string of the molecule is CC(O)C(CO)NC(=O)[C@@H]1CSSC[C@H](NC(=O)[C@H](N)Cc2ccccc2)C(=O)N[C@@H](Cc2ccccc2)C(=O)N[C@H](Cc2c[nH]c3ccccc23)C(=O)N[C@@H](CCCCCc2ccc3cc(F)ccc3n2)C(=O)N[C@@H]([C@@H](C)O)C(=O)N1. The van der Waals surface area contributed by atoms with Gasteiger partial charge in [0, 0.05) is 52.5 Å². The van der Waals surface area contributed by atoms with Gasteiger partial charge in [0.25, 0.3) is 0 Å². The molecular weight excluding hydrogens is 1090 g/mol. The monoisotopic (exact) mass is 1160 g/mol. The highest BCUT2D eigenvalue weighted by molar-refractivity contribution is 8.76. The first-order chi connectivity index (χ1) is 39.5. The number of carbonyl (C=O) groups is 7. The third-order valence-corrected chi connectivity index (χ3v) is 16.5. The molecule has 0 spiro atoms. The van der Waals surface area contributed by atoms with Crippen LogP contribution in [-0.4, -0.2) is 145 Å². The average molecular weight is 1160 g/mol. The van der Waals surface area contributed by atoms with Crippen molar-refractivity contribution in [1.82, 2.24) is 47.2 Å². The Bertz CT molecular complexity index is 3140. The Morgan fingerprint density at radius 2 is 1.37 bits per heavy atom. The number of fused-ring (bicyclic) bond motifs is 2. The number of aryl methyl sites for hydroxylation is 1. The number of aliphatic hydroxyl groups is 3. The number of nitrogens with zero attached hydrogens (tertiary/aromatic N) is 1. The van der Waals surface area contributed by atoms with E-state index >= 15 is 4.79 Å². The van der Waals surface area contributed by atoms with E-state index in [1.165, 1.54) is 26.0 Å². The van der Waals surface area contributed by atoms with Crippen molar-refractivity contribution in [1.29, 1.82) is 0 Å². The van der Waals surface area contributed by atoms with Crippen LogP contribution in [0.4, 0.5) is 4.39 Å². The number of H-pyrrole nitrogens is 1. The van der Waals surface area contributed by atoms with Crippen molar-refractivity contribution >= 4 is 84.7 Å². The number of benzene rings is 4. The second-order valence-corrected chi connectivity index (χ2v) is 23.0. The molecule has 7 amide bonds. The first kappa shape index (κ1) is 62.2. The lowest BCUT2D eigenvalue weighted by Gasteiger charge is -2.29. The molecule has 1 saturated heterocycles. The summed E-state index contributed by atoms with van der Waals surface area (Å²) in [7, 11) is 2.05. The fourth-order valence-corrected chi connectivity index (χ4v) is 11.7. The highest BCUT2D eigenvalue weighted by Crippen LogP contribution is 2.25. The largest absolute Gasteiger partial charge is 0.394 e. The molecular formula is C59H71FN10O10S2. The topological polar surface area (TPSA) is 319 Å². The summed E-state index contributed by atoms with van der Waals surface area (Å²) in [4.78, 5) is 109. The number of hydrogen-bond acceptors (Lipinski definition) is 14. The molecule has 436 valence electrons. The van der Waals surface area contributed by atoms with Gasteiger partial charge in [-0.15, -0.1) is 0 Å². The maximum atomic E-state index is 15.0. The van der Waals surface area contributed by atoms with Crippen molar-refractivity contribution < 1.29 is 53.3 Å². The second-order valence-electron chi connectivity index (χ2n) is 20.4. The number of amides is 7. The summed E-state index contributed by atoms with van der Waals surface area (Å²) in [6, 6.07) is 22.3. The molecule has 1 fully saturated rings. The highest BCUT2D eigenvalue weighted by Gasteiger charge is 2.36. The lowest BCUT2D eigenvalue weighted by Crippen LogP contribution is -2.62. The van der Waals surface area contributed by atoms with Crippen LogP contribution in [0.25, 0.3) is 21.8 Å². The van der Waals surface area contributed by atoms with E-state index in [4.69, 9.17) is 5.73 Å². The first-order valence-electron chi connectivity index (χ1n) is 27.2. The van der Waals surface area contributed by atoms with Gasteiger partial charge in [-0.2, -0.15) is 0 Å². The minimum Gasteiger partial charge on any atom is -0.394 e. The van der Waals surface area contributed by atoms with E-state index in [1.54, 1.807) is 72.9 Å². The van der Waals surface area contributed by atoms with E-state index in [-0.39, 0.29) is 43.0 Å². The molecule has 23 heteroatoms. The van der Waals surface area contributed by atoms with Crippen LogP contribution in [0.1, 0.15) is 61.9 Å². The number of para-hydroxylation sites is 1. The molecule has 1 aliphatic heterocycles. The molecule has 0 radical (unpaired) electrons. The number of nitrogens with two attached hydrogens (primary N) is 1. The minimum atomic E-state index is -1.70. The molecule has 0 saturated carbocycles. The van der Waals surface area contributed by atoms with Gasteiger partial charge < -0.3 is 63.3 Å². The molecule has 20 nitrogen and oxygen atoms in total. The quantitative estimate of drug-likeness (QED) is 0.0410. The number of unbranched alkanes of at least 4 members (excludes halogenated alkanes) is 2. The maximum absolute atomic E-state index is 15.0. The molecule has 4 aromatic carbocycles. The van der Waals surface area contributed by atoms with Gasteiger partial charge in [-0.1, -0.05) is 119 Å². The number of aromatic amines is 1. The van der Waals surface area contributed by atoms with E-state index < -0.39 is 108 Å². The fraction of sp³-hybridized carbons (Fsp3) is 0.390. The number of aromatic nitrogens is 2. The number of aliphatic hydroxyl groups excluding tert-OH is 3. The van der Waals surface area contributed by atoms with Gasteiger partial charge in [0.1, 0.15) is 42.1 Å². The maximum Gasteiger partial charge on any atom is 0.245 e. The van der Waals surface area contributed by atoms with Gasteiger partial charge in [0.2, 0.25) is 41.4 Å². The van der Waals surface area contributed by atoms with Gasteiger partial charge in [0.05, 0.1) is 36.4 Å².